The number of amides is 1. The number of carboxylic acids is 1. The van der Waals surface area contributed by atoms with E-state index in [9.17, 15) is 27.9 Å². The molecule has 0 bridgehead atoms. The van der Waals surface area contributed by atoms with Gasteiger partial charge in [0.15, 0.2) is 5.62 Å². The maximum absolute atomic E-state index is 13.2. The molecule has 0 saturated carbocycles. The normalized spacial score (nSPS) is 15.8. The third kappa shape index (κ3) is 6.93. The second kappa shape index (κ2) is 10.5. The topological polar surface area (TPSA) is 102 Å². The number of aliphatic hydroxyl groups is 1. The lowest BCUT2D eigenvalue weighted by atomic mass is 10.1. The average Bonchev–Trinajstić information content (AvgIpc) is 3.10. The second-order valence-electron chi connectivity index (χ2n) is 8.52. The standard InChI is InChI=1S/C25H23ClF3N3O4/c1-24(2,36)12-11-19-20(21(33)30-13-15-3-7-17(8-4-15)22(34)35)32(23(26)31-19)14-16-5-9-18(10-6-16)25(27,28)29/h3-10,23,31,36H,13-14H2,1-2H3,(H,30,33)(H,34,35). The molecule has 1 aliphatic rings. The van der Waals surface area contributed by atoms with E-state index in [-0.39, 0.29) is 30.0 Å². The van der Waals surface area contributed by atoms with Crippen molar-refractivity contribution in [2.75, 3.05) is 0 Å². The van der Waals surface area contributed by atoms with Gasteiger partial charge < -0.3 is 25.7 Å². The summed E-state index contributed by atoms with van der Waals surface area (Å²) in [5, 5.41) is 24.6. The van der Waals surface area contributed by atoms with E-state index in [1.807, 2.05) is 0 Å². The number of halogens is 4. The van der Waals surface area contributed by atoms with Crippen molar-refractivity contribution in [3.8, 4) is 11.8 Å². The van der Waals surface area contributed by atoms with Crippen LogP contribution in [-0.2, 0) is 24.1 Å². The molecule has 0 fully saturated rings. The van der Waals surface area contributed by atoms with Gasteiger partial charge in [0.25, 0.3) is 5.91 Å². The first-order valence-electron chi connectivity index (χ1n) is 10.7. The van der Waals surface area contributed by atoms with Gasteiger partial charge in [-0.2, -0.15) is 13.2 Å². The Balaban J connectivity index is 1.86. The number of carbonyl (C=O) groups excluding carboxylic acids is 1. The Morgan fingerprint density at radius 1 is 1.08 bits per heavy atom. The Kier molecular flexibility index (Phi) is 7.86. The van der Waals surface area contributed by atoms with E-state index in [2.05, 4.69) is 22.5 Å². The molecule has 1 unspecified atom stereocenters. The summed E-state index contributed by atoms with van der Waals surface area (Å²) >= 11 is 6.41. The van der Waals surface area contributed by atoms with E-state index >= 15 is 0 Å². The highest BCUT2D eigenvalue weighted by Crippen LogP contribution is 2.30. The summed E-state index contributed by atoms with van der Waals surface area (Å²) in [6.45, 7) is 3.00. The van der Waals surface area contributed by atoms with Crippen molar-refractivity contribution in [2.45, 2.75) is 44.3 Å². The SMILES string of the molecule is CC(C)(O)C#CC1=C(C(=O)NCc2ccc(C(=O)O)cc2)N(Cc2ccc(C(F)(F)F)cc2)C(Cl)N1. The van der Waals surface area contributed by atoms with E-state index in [0.29, 0.717) is 11.1 Å². The van der Waals surface area contributed by atoms with E-state index in [4.69, 9.17) is 16.7 Å². The van der Waals surface area contributed by atoms with E-state index < -0.39 is 34.8 Å². The fraction of sp³-hybridized carbons (Fsp3) is 0.280. The van der Waals surface area contributed by atoms with Gasteiger partial charge in [0.1, 0.15) is 17.0 Å². The maximum Gasteiger partial charge on any atom is 0.416 e. The number of rotatable bonds is 6. The minimum atomic E-state index is -4.48. The quantitative estimate of drug-likeness (QED) is 0.263. The van der Waals surface area contributed by atoms with E-state index in [1.54, 1.807) is 12.1 Å². The molecule has 7 nitrogen and oxygen atoms in total. The van der Waals surface area contributed by atoms with Gasteiger partial charge >= 0.3 is 12.1 Å². The molecule has 1 aliphatic heterocycles. The largest absolute Gasteiger partial charge is 0.478 e. The Morgan fingerprint density at radius 2 is 1.67 bits per heavy atom. The summed E-state index contributed by atoms with van der Waals surface area (Å²) in [6, 6.07) is 10.4. The van der Waals surface area contributed by atoms with Gasteiger partial charge in [-0.05, 0) is 55.2 Å². The van der Waals surface area contributed by atoms with Crippen molar-refractivity contribution in [3.05, 3.63) is 82.2 Å². The molecule has 0 aliphatic carbocycles. The Labute approximate surface area is 210 Å². The highest BCUT2D eigenvalue weighted by molar-refractivity contribution is 6.21. The summed E-state index contributed by atoms with van der Waals surface area (Å²) in [5.74, 6) is 3.68. The molecule has 2 aromatic rings. The van der Waals surface area contributed by atoms with Crippen LogP contribution in [0.2, 0.25) is 0 Å². The molecule has 1 atom stereocenters. The first-order valence-corrected chi connectivity index (χ1v) is 11.1. The average molecular weight is 522 g/mol. The van der Waals surface area contributed by atoms with Crippen LogP contribution in [0.1, 0.15) is 40.9 Å². The first kappa shape index (κ1) is 26.9. The summed E-state index contributed by atoms with van der Waals surface area (Å²) in [7, 11) is 0. The molecule has 2 aromatic carbocycles. The van der Waals surface area contributed by atoms with Crippen molar-refractivity contribution >= 4 is 23.5 Å². The lowest BCUT2D eigenvalue weighted by Crippen LogP contribution is -2.37. The Morgan fingerprint density at radius 3 is 2.19 bits per heavy atom. The predicted molar refractivity (Wildman–Crippen MR) is 126 cm³/mol. The van der Waals surface area contributed by atoms with Crippen molar-refractivity contribution in [1.29, 1.82) is 0 Å². The van der Waals surface area contributed by atoms with Gasteiger partial charge in [-0.15, -0.1) is 0 Å². The lowest BCUT2D eigenvalue weighted by Gasteiger charge is -2.24. The molecule has 1 amide bonds. The number of allylic oxidation sites excluding steroid dienone is 1. The van der Waals surface area contributed by atoms with Gasteiger partial charge in [-0.3, -0.25) is 4.79 Å². The molecule has 0 radical (unpaired) electrons. The molecule has 190 valence electrons. The zero-order chi connectivity index (χ0) is 26.7. The van der Waals surface area contributed by atoms with Crippen molar-refractivity contribution in [1.82, 2.24) is 15.5 Å². The van der Waals surface area contributed by atoms with Crippen molar-refractivity contribution < 1.29 is 33.0 Å². The van der Waals surface area contributed by atoms with Crippen LogP contribution >= 0.6 is 11.6 Å². The van der Waals surface area contributed by atoms with Crippen LogP contribution in [0, 0.1) is 11.8 Å². The molecule has 4 N–H and O–H groups in total. The van der Waals surface area contributed by atoms with Crippen LogP contribution in [0.5, 0.6) is 0 Å². The smallest absolute Gasteiger partial charge is 0.416 e. The number of hydrogen-bond acceptors (Lipinski definition) is 5. The zero-order valence-electron chi connectivity index (χ0n) is 19.3. The van der Waals surface area contributed by atoms with Crippen LogP contribution in [0.4, 0.5) is 13.2 Å². The van der Waals surface area contributed by atoms with Crippen molar-refractivity contribution in [3.63, 3.8) is 0 Å². The zero-order valence-corrected chi connectivity index (χ0v) is 20.0. The molecule has 0 aromatic heterocycles. The predicted octanol–water partition coefficient (Wildman–Crippen LogP) is 3.63. The summed E-state index contributed by atoms with van der Waals surface area (Å²) in [4.78, 5) is 25.6. The molecule has 11 heteroatoms. The fourth-order valence-corrected chi connectivity index (χ4v) is 3.54. The van der Waals surface area contributed by atoms with Crippen LogP contribution in [0.3, 0.4) is 0 Å². The number of aromatic carboxylic acids is 1. The van der Waals surface area contributed by atoms with Gasteiger partial charge in [-0.1, -0.05) is 41.8 Å². The number of alkyl halides is 4. The second-order valence-corrected chi connectivity index (χ2v) is 8.93. The highest BCUT2D eigenvalue weighted by Gasteiger charge is 2.34. The van der Waals surface area contributed by atoms with E-state index in [1.165, 1.54) is 43.0 Å². The highest BCUT2D eigenvalue weighted by atomic mass is 35.5. The number of benzene rings is 2. The monoisotopic (exact) mass is 521 g/mol. The Hall–Kier alpha value is -3.68. The minimum Gasteiger partial charge on any atom is -0.478 e. The minimum absolute atomic E-state index is 0.00304. The summed E-state index contributed by atoms with van der Waals surface area (Å²) < 4.78 is 38.7. The van der Waals surface area contributed by atoms with Crippen LogP contribution in [-0.4, -0.2) is 38.2 Å². The molecular formula is C25H23ClF3N3O4. The third-order valence-electron chi connectivity index (χ3n) is 5.06. The maximum atomic E-state index is 13.2. The van der Waals surface area contributed by atoms with Crippen LogP contribution in [0.15, 0.2) is 59.9 Å². The number of hydrogen-bond donors (Lipinski definition) is 4. The van der Waals surface area contributed by atoms with Gasteiger partial charge in [0.2, 0.25) is 0 Å². The van der Waals surface area contributed by atoms with Crippen LogP contribution in [0.25, 0.3) is 0 Å². The number of carbonyl (C=O) groups is 2. The van der Waals surface area contributed by atoms with Gasteiger partial charge in [0, 0.05) is 13.1 Å². The molecular weight excluding hydrogens is 499 g/mol. The fourth-order valence-electron chi connectivity index (χ4n) is 3.26. The van der Waals surface area contributed by atoms with E-state index in [0.717, 1.165) is 12.1 Å². The summed E-state index contributed by atoms with van der Waals surface area (Å²) in [6.07, 6.45) is -4.48. The van der Waals surface area contributed by atoms with Crippen LogP contribution < -0.4 is 10.6 Å². The summed E-state index contributed by atoms with van der Waals surface area (Å²) in [5.41, 5.74) is -1.68. The molecule has 0 spiro atoms. The molecule has 1 heterocycles. The molecule has 36 heavy (non-hydrogen) atoms. The third-order valence-corrected chi connectivity index (χ3v) is 5.40. The first-order chi connectivity index (χ1) is 16.7. The van der Waals surface area contributed by atoms with Gasteiger partial charge in [-0.25, -0.2) is 4.79 Å². The number of nitrogens with zero attached hydrogens (tertiary/aromatic N) is 1. The van der Waals surface area contributed by atoms with Crippen molar-refractivity contribution in [2.24, 2.45) is 0 Å². The molecule has 0 saturated heterocycles. The molecule has 3 rings (SSSR count). The number of nitrogens with one attached hydrogen (secondary N) is 2. The van der Waals surface area contributed by atoms with Gasteiger partial charge in [0.05, 0.1) is 11.1 Å². The lowest BCUT2D eigenvalue weighted by molar-refractivity contribution is -0.137. The number of carboxylic acid groups (broad SMARTS) is 1. The Bertz CT molecular complexity index is 1220.